The predicted molar refractivity (Wildman–Crippen MR) is 122 cm³/mol. The molecule has 9 nitrogen and oxygen atoms in total. The highest BCUT2D eigenvalue weighted by Crippen LogP contribution is 2.36. The van der Waals surface area contributed by atoms with E-state index in [9.17, 15) is 14.9 Å². The summed E-state index contributed by atoms with van der Waals surface area (Å²) in [6.07, 6.45) is 1.55. The van der Waals surface area contributed by atoms with Crippen LogP contribution in [0.5, 0.6) is 11.5 Å². The molecular weight excluding hydrogens is 426 g/mol. The van der Waals surface area contributed by atoms with E-state index in [4.69, 9.17) is 13.9 Å². The van der Waals surface area contributed by atoms with Crippen molar-refractivity contribution in [2.24, 2.45) is 0 Å². The zero-order valence-corrected chi connectivity index (χ0v) is 17.8. The Kier molecular flexibility index (Phi) is 6.03. The number of aromatic nitrogens is 1. The first-order valence-corrected chi connectivity index (χ1v) is 9.83. The van der Waals surface area contributed by atoms with Crippen molar-refractivity contribution in [3.63, 3.8) is 0 Å². The van der Waals surface area contributed by atoms with Gasteiger partial charge < -0.3 is 19.2 Å². The Morgan fingerprint density at radius 2 is 1.82 bits per heavy atom. The normalized spacial score (nSPS) is 10.5. The van der Waals surface area contributed by atoms with E-state index in [-0.39, 0.29) is 11.6 Å². The Morgan fingerprint density at radius 3 is 2.58 bits per heavy atom. The number of oxazole rings is 1. The second-order valence-electron chi connectivity index (χ2n) is 6.90. The molecule has 4 aromatic rings. The molecule has 1 heterocycles. The number of nitro groups is 1. The van der Waals surface area contributed by atoms with Gasteiger partial charge in [-0.15, -0.1) is 0 Å². The van der Waals surface area contributed by atoms with Crippen LogP contribution in [-0.2, 0) is 0 Å². The van der Waals surface area contributed by atoms with Crippen molar-refractivity contribution < 1.29 is 23.6 Å². The van der Waals surface area contributed by atoms with E-state index < -0.39 is 10.8 Å². The Morgan fingerprint density at radius 1 is 1.00 bits per heavy atom. The summed E-state index contributed by atoms with van der Waals surface area (Å²) < 4.78 is 16.6. The summed E-state index contributed by atoms with van der Waals surface area (Å²) in [5.41, 5.74) is 1.64. The third kappa shape index (κ3) is 4.52. The highest BCUT2D eigenvalue weighted by Gasteiger charge is 2.19. The smallest absolute Gasteiger partial charge is 0.271 e. The number of nitro benzene ring substituents is 1. The summed E-state index contributed by atoms with van der Waals surface area (Å²) in [5, 5.41) is 13.7. The summed E-state index contributed by atoms with van der Waals surface area (Å²) in [4.78, 5) is 27.8. The quantitative estimate of drug-likeness (QED) is 0.307. The molecular formula is C24H19N3O6. The number of nitrogens with zero attached hydrogens (tertiary/aromatic N) is 2. The van der Waals surface area contributed by atoms with E-state index in [0.717, 1.165) is 0 Å². The largest absolute Gasteiger partial charge is 0.497 e. The van der Waals surface area contributed by atoms with Crippen LogP contribution in [0.3, 0.4) is 0 Å². The second-order valence-corrected chi connectivity index (χ2v) is 6.90. The lowest BCUT2D eigenvalue weighted by Crippen LogP contribution is -2.13. The number of benzene rings is 3. The first-order valence-electron chi connectivity index (χ1n) is 9.83. The van der Waals surface area contributed by atoms with Gasteiger partial charge in [0, 0.05) is 29.4 Å². The lowest BCUT2D eigenvalue weighted by atomic mass is 10.1. The van der Waals surface area contributed by atoms with Gasteiger partial charge in [0.25, 0.3) is 11.6 Å². The Labute approximate surface area is 188 Å². The molecule has 1 N–H and O–H groups in total. The molecule has 0 aliphatic heterocycles. The molecule has 0 spiro atoms. The van der Waals surface area contributed by atoms with Gasteiger partial charge in [-0.25, -0.2) is 4.98 Å². The lowest BCUT2D eigenvalue weighted by molar-refractivity contribution is -0.384. The molecule has 0 bridgehead atoms. The van der Waals surface area contributed by atoms with Crippen LogP contribution in [0.25, 0.3) is 22.8 Å². The highest BCUT2D eigenvalue weighted by atomic mass is 16.6. The molecule has 0 saturated heterocycles. The zero-order valence-electron chi connectivity index (χ0n) is 17.8. The molecule has 33 heavy (non-hydrogen) atoms. The van der Waals surface area contributed by atoms with Gasteiger partial charge in [-0.2, -0.15) is 0 Å². The number of rotatable bonds is 7. The Hall–Kier alpha value is -4.66. The summed E-state index contributed by atoms with van der Waals surface area (Å²) in [6.45, 7) is 0. The number of hydrogen-bond donors (Lipinski definition) is 1. The van der Waals surface area contributed by atoms with Gasteiger partial charge in [0.15, 0.2) is 5.76 Å². The molecule has 0 aliphatic rings. The maximum Gasteiger partial charge on any atom is 0.271 e. The van der Waals surface area contributed by atoms with E-state index in [1.54, 1.807) is 68.9 Å². The van der Waals surface area contributed by atoms with Crippen molar-refractivity contribution in [2.75, 3.05) is 19.5 Å². The van der Waals surface area contributed by atoms with Crippen LogP contribution in [0.4, 0.5) is 11.4 Å². The number of carbonyl (C=O) groups is 1. The molecule has 1 aromatic heterocycles. The van der Waals surface area contributed by atoms with Gasteiger partial charge in [0.1, 0.15) is 11.5 Å². The number of nitrogens with one attached hydrogen (secondary N) is 1. The summed E-state index contributed by atoms with van der Waals surface area (Å²) in [7, 11) is 3.11. The lowest BCUT2D eigenvalue weighted by Gasteiger charge is -2.09. The van der Waals surface area contributed by atoms with Crippen molar-refractivity contribution in [3.8, 4) is 34.3 Å². The minimum Gasteiger partial charge on any atom is -0.497 e. The van der Waals surface area contributed by atoms with Crippen LogP contribution in [0.15, 0.2) is 77.3 Å². The van der Waals surface area contributed by atoms with Crippen LogP contribution in [0, 0.1) is 10.1 Å². The molecule has 9 heteroatoms. The maximum atomic E-state index is 13.0. The number of ether oxygens (including phenoxy) is 2. The first kappa shape index (κ1) is 21.6. The number of amides is 1. The van der Waals surface area contributed by atoms with Crippen molar-refractivity contribution in [2.45, 2.75) is 0 Å². The van der Waals surface area contributed by atoms with Crippen molar-refractivity contribution >= 4 is 17.3 Å². The van der Waals surface area contributed by atoms with Gasteiger partial charge in [-0.05, 0) is 30.3 Å². The summed E-state index contributed by atoms with van der Waals surface area (Å²) in [6, 6.07) is 17.8. The third-order valence-electron chi connectivity index (χ3n) is 4.90. The van der Waals surface area contributed by atoms with Crippen LogP contribution < -0.4 is 14.8 Å². The van der Waals surface area contributed by atoms with E-state index >= 15 is 0 Å². The van der Waals surface area contributed by atoms with Crippen LogP contribution in [0.1, 0.15) is 10.4 Å². The van der Waals surface area contributed by atoms with Crippen LogP contribution >= 0.6 is 0 Å². The molecule has 0 saturated carbocycles. The number of non-ortho nitro benzene ring substituents is 1. The van der Waals surface area contributed by atoms with E-state index in [1.165, 1.54) is 18.2 Å². The molecule has 0 radical (unpaired) electrons. The molecule has 0 fully saturated rings. The molecule has 0 atom stereocenters. The standard InChI is InChI=1S/C24H19N3O6/c1-31-17-10-11-20(21(13-17)32-2)22-14-25-24(33-22)19-9-4-3-8-18(19)23(28)26-15-6-5-7-16(12-15)27(29)30/h3-14H,1-2H3,(H,26,28). The molecule has 166 valence electrons. The molecule has 0 aliphatic carbocycles. The fourth-order valence-corrected chi connectivity index (χ4v) is 3.29. The van der Waals surface area contributed by atoms with Gasteiger partial charge in [-0.3, -0.25) is 14.9 Å². The van der Waals surface area contributed by atoms with Gasteiger partial charge in [0.05, 0.1) is 36.5 Å². The minimum absolute atomic E-state index is 0.119. The fourth-order valence-electron chi connectivity index (χ4n) is 3.29. The Balaban J connectivity index is 1.65. The van der Waals surface area contributed by atoms with Crippen molar-refractivity contribution in [1.82, 2.24) is 4.98 Å². The monoisotopic (exact) mass is 445 g/mol. The van der Waals surface area contributed by atoms with Gasteiger partial charge in [0.2, 0.25) is 5.89 Å². The first-order chi connectivity index (χ1) is 16.0. The third-order valence-corrected chi connectivity index (χ3v) is 4.90. The summed E-state index contributed by atoms with van der Waals surface area (Å²) >= 11 is 0. The molecule has 1 amide bonds. The van der Waals surface area contributed by atoms with E-state index in [1.807, 2.05) is 0 Å². The second kappa shape index (κ2) is 9.23. The van der Waals surface area contributed by atoms with Gasteiger partial charge in [-0.1, -0.05) is 18.2 Å². The fraction of sp³-hybridized carbons (Fsp3) is 0.0833. The zero-order chi connectivity index (χ0) is 23.4. The Bertz CT molecular complexity index is 1330. The number of anilines is 1. The average Bonchev–Trinajstić information content (AvgIpc) is 3.33. The number of hydrogen-bond acceptors (Lipinski definition) is 7. The summed E-state index contributed by atoms with van der Waals surface area (Å²) in [5.74, 6) is 1.44. The number of carbonyl (C=O) groups excluding carboxylic acids is 1. The van der Waals surface area contributed by atoms with Crippen LogP contribution in [0.2, 0.25) is 0 Å². The van der Waals surface area contributed by atoms with Crippen molar-refractivity contribution in [3.05, 3.63) is 88.6 Å². The van der Waals surface area contributed by atoms with Crippen molar-refractivity contribution in [1.29, 1.82) is 0 Å². The molecule has 0 unspecified atom stereocenters. The topological polar surface area (TPSA) is 117 Å². The van der Waals surface area contributed by atoms with E-state index in [2.05, 4.69) is 10.3 Å². The average molecular weight is 445 g/mol. The van der Waals surface area contributed by atoms with E-state index in [0.29, 0.717) is 39.6 Å². The highest BCUT2D eigenvalue weighted by molar-refractivity contribution is 6.08. The van der Waals surface area contributed by atoms with Gasteiger partial charge >= 0.3 is 0 Å². The molecule has 4 rings (SSSR count). The van der Waals surface area contributed by atoms with Crippen LogP contribution in [-0.4, -0.2) is 30.0 Å². The molecule has 3 aromatic carbocycles. The predicted octanol–water partition coefficient (Wildman–Crippen LogP) is 5.19. The minimum atomic E-state index is -0.522. The SMILES string of the molecule is COc1ccc(-c2cnc(-c3ccccc3C(=O)Nc3cccc([N+](=O)[O-])c3)o2)c(OC)c1. The maximum absolute atomic E-state index is 13.0. The number of methoxy groups -OCH3 is 2.